The summed E-state index contributed by atoms with van der Waals surface area (Å²) in [5, 5.41) is 12.1. The van der Waals surface area contributed by atoms with Crippen LogP contribution in [0.2, 0.25) is 0 Å². The number of anilines is 1. The van der Waals surface area contributed by atoms with Gasteiger partial charge in [0.2, 0.25) is 10.0 Å². The van der Waals surface area contributed by atoms with Gasteiger partial charge in [-0.25, -0.2) is 17.1 Å². The number of nitrogens with zero attached hydrogens (tertiary/aromatic N) is 2. The van der Waals surface area contributed by atoms with Crippen molar-refractivity contribution in [3.8, 4) is 6.07 Å². The van der Waals surface area contributed by atoms with Gasteiger partial charge in [-0.05, 0) is 36.8 Å². The van der Waals surface area contributed by atoms with Crippen LogP contribution in [0.5, 0.6) is 0 Å². The number of halogens is 1. The fourth-order valence-corrected chi connectivity index (χ4v) is 3.12. The highest BCUT2D eigenvalue weighted by molar-refractivity contribution is 7.89. The van der Waals surface area contributed by atoms with Crippen LogP contribution in [0, 0.1) is 17.1 Å². The van der Waals surface area contributed by atoms with Crippen LogP contribution in [-0.4, -0.2) is 26.8 Å². The molecule has 126 valence electrons. The lowest BCUT2D eigenvalue weighted by Crippen LogP contribution is -2.22. The molecular formula is C17H18FN3O2S. The quantitative estimate of drug-likeness (QED) is 0.902. The van der Waals surface area contributed by atoms with Gasteiger partial charge in [-0.15, -0.1) is 0 Å². The summed E-state index contributed by atoms with van der Waals surface area (Å²) in [4.78, 5) is 0.201. The molecule has 0 saturated carbocycles. The maximum atomic E-state index is 13.6. The van der Waals surface area contributed by atoms with Crippen molar-refractivity contribution in [2.75, 3.05) is 19.4 Å². The van der Waals surface area contributed by atoms with Crippen LogP contribution in [0.1, 0.15) is 24.1 Å². The second-order valence-electron chi connectivity index (χ2n) is 5.50. The van der Waals surface area contributed by atoms with Gasteiger partial charge in [-0.3, -0.25) is 0 Å². The lowest BCUT2D eigenvalue weighted by Gasteiger charge is -2.18. The third-order valence-electron chi connectivity index (χ3n) is 3.66. The van der Waals surface area contributed by atoms with Crippen LogP contribution in [0.25, 0.3) is 0 Å². The molecule has 0 aliphatic carbocycles. The Morgan fingerprint density at radius 3 is 2.33 bits per heavy atom. The molecule has 7 heteroatoms. The summed E-state index contributed by atoms with van der Waals surface area (Å²) in [6.45, 7) is 1.85. The summed E-state index contributed by atoms with van der Waals surface area (Å²) >= 11 is 0. The number of nitriles is 1. The Morgan fingerprint density at radius 1 is 1.17 bits per heavy atom. The van der Waals surface area contributed by atoms with E-state index in [2.05, 4.69) is 5.32 Å². The molecule has 5 nitrogen and oxygen atoms in total. The first kappa shape index (κ1) is 17.9. The van der Waals surface area contributed by atoms with Crippen molar-refractivity contribution in [1.82, 2.24) is 4.31 Å². The molecule has 2 aromatic rings. The lowest BCUT2D eigenvalue weighted by atomic mass is 10.1. The molecule has 24 heavy (non-hydrogen) atoms. The first-order valence-electron chi connectivity index (χ1n) is 7.25. The highest BCUT2D eigenvalue weighted by Crippen LogP contribution is 2.25. The minimum Gasteiger partial charge on any atom is -0.377 e. The molecule has 2 rings (SSSR count). The zero-order chi connectivity index (χ0) is 17.9. The van der Waals surface area contributed by atoms with E-state index in [0.29, 0.717) is 5.69 Å². The van der Waals surface area contributed by atoms with Crippen LogP contribution < -0.4 is 5.32 Å². The highest BCUT2D eigenvalue weighted by atomic mass is 32.2. The van der Waals surface area contributed by atoms with Crippen molar-refractivity contribution in [2.45, 2.75) is 17.9 Å². The van der Waals surface area contributed by atoms with Gasteiger partial charge in [0.1, 0.15) is 17.4 Å². The van der Waals surface area contributed by atoms with Crippen molar-refractivity contribution in [3.05, 3.63) is 59.4 Å². The van der Waals surface area contributed by atoms with Crippen LogP contribution in [0.4, 0.5) is 10.1 Å². The predicted octanol–water partition coefficient (Wildman–Crippen LogP) is 3.12. The van der Waals surface area contributed by atoms with E-state index in [-0.39, 0.29) is 16.5 Å². The summed E-state index contributed by atoms with van der Waals surface area (Å²) < 4.78 is 38.9. The Balaban J connectivity index is 2.25. The number of rotatable bonds is 5. The average Bonchev–Trinajstić information content (AvgIpc) is 2.55. The van der Waals surface area contributed by atoms with E-state index >= 15 is 0 Å². The molecule has 0 radical (unpaired) electrons. The van der Waals surface area contributed by atoms with Gasteiger partial charge in [0.15, 0.2) is 0 Å². The van der Waals surface area contributed by atoms with E-state index < -0.39 is 15.8 Å². The first-order chi connectivity index (χ1) is 11.3. The first-order valence-corrected chi connectivity index (χ1v) is 8.69. The van der Waals surface area contributed by atoms with Crippen molar-refractivity contribution < 1.29 is 12.8 Å². The minimum atomic E-state index is -3.47. The molecule has 0 spiro atoms. The maximum Gasteiger partial charge on any atom is 0.242 e. The van der Waals surface area contributed by atoms with Crippen molar-refractivity contribution in [1.29, 1.82) is 5.26 Å². The maximum absolute atomic E-state index is 13.6. The summed E-state index contributed by atoms with van der Waals surface area (Å²) in [6.07, 6.45) is 0. The largest absolute Gasteiger partial charge is 0.377 e. The van der Waals surface area contributed by atoms with Crippen LogP contribution >= 0.6 is 0 Å². The Bertz CT molecular complexity index is 872. The molecular weight excluding hydrogens is 329 g/mol. The van der Waals surface area contributed by atoms with Crippen LogP contribution in [0.3, 0.4) is 0 Å². The SMILES string of the molecule is CC(Nc1cccc(F)c1C#N)c1ccc(S(=O)(=O)N(C)C)cc1. The molecule has 2 aromatic carbocycles. The van der Waals surface area contributed by atoms with Crippen molar-refractivity contribution >= 4 is 15.7 Å². The standard InChI is InChI=1S/C17H18FN3O2S/c1-12(20-17-6-4-5-16(18)15(17)11-19)13-7-9-14(10-8-13)24(22,23)21(2)3/h4-10,12,20H,1-3H3. The lowest BCUT2D eigenvalue weighted by molar-refractivity contribution is 0.520. The average molecular weight is 347 g/mol. The summed E-state index contributed by atoms with van der Waals surface area (Å²) in [7, 11) is -0.528. The number of hydrogen-bond acceptors (Lipinski definition) is 4. The monoisotopic (exact) mass is 347 g/mol. The predicted molar refractivity (Wildman–Crippen MR) is 90.5 cm³/mol. The number of sulfonamides is 1. The van der Waals surface area contributed by atoms with E-state index in [1.807, 2.05) is 13.0 Å². The van der Waals surface area contributed by atoms with E-state index in [1.165, 1.54) is 38.4 Å². The van der Waals surface area contributed by atoms with E-state index in [1.54, 1.807) is 18.2 Å². The van der Waals surface area contributed by atoms with Crippen LogP contribution in [-0.2, 0) is 10.0 Å². The molecule has 1 N–H and O–H groups in total. The fraction of sp³-hybridized carbons (Fsp3) is 0.235. The van der Waals surface area contributed by atoms with Gasteiger partial charge in [-0.2, -0.15) is 5.26 Å². The van der Waals surface area contributed by atoms with Gasteiger partial charge >= 0.3 is 0 Å². The number of nitrogens with one attached hydrogen (secondary N) is 1. The molecule has 0 bridgehead atoms. The molecule has 0 aliphatic rings. The molecule has 0 aliphatic heterocycles. The Kier molecular flexibility index (Phi) is 5.22. The molecule has 0 saturated heterocycles. The van der Waals surface area contributed by atoms with Crippen molar-refractivity contribution in [3.63, 3.8) is 0 Å². The summed E-state index contributed by atoms with van der Waals surface area (Å²) in [6, 6.07) is 12.4. The molecule has 0 amide bonds. The third kappa shape index (κ3) is 3.55. The van der Waals surface area contributed by atoms with Gasteiger partial charge in [-0.1, -0.05) is 18.2 Å². The fourth-order valence-electron chi connectivity index (χ4n) is 2.21. The number of benzene rings is 2. The molecule has 0 heterocycles. The second-order valence-corrected chi connectivity index (χ2v) is 7.65. The zero-order valence-electron chi connectivity index (χ0n) is 13.6. The van der Waals surface area contributed by atoms with E-state index in [9.17, 15) is 12.8 Å². The molecule has 1 atom stereocenters. The topological polar surface area (TPSA) is 73.2 Å². The Hall–Kier alpha value is -2.43. The zero-order valence-corrected chi connectivity index (χ0v) is 14.4. The van der Waals surface area contributed by atoms with E-state index in [4.69, 9.17) is 5.26 Å². The summed E-state index contributed by atoms with van der Waals surface area (Å²) in [5.74, 6) is -0.581. The van der Waals surface area contributed by atoms with Gasteiger partial charge < -0.3 is 5.32 Å². The van der Waals surface area contributed by atoms with E-state index in [0.717, 1.165) is 9.87 Å². The van der Waals surface area contributed by atoms with Gasteiger partial charge in [0.25, 0.3) is 0 Å². The Labute approximate surface area is 141 Å². The minimum absolute atomic E-state index is 0.0452. The van der Waals surface area contributed by atoms with Gasteiger partial charge in [0, 0.05) is 20.1 Å². The Morgan fingerprint density at radius 2 is 1.79 bits per heavy atom. The second kappa shape index (κ2) is 6.99. The number of hydrogen-bond donors (Lipinski definition) is 1. The highest BCUT2D eigenvalue weighted by Gasteiger charge is 2.17. The van der Waals surface area contributed by atoms with Crippen LogP contribution in [0.15, 0.2) is 47.4 Å². The van der Waals surface area contributed by atoms with Crippen molar-refractivity contribution in [2.24, 2.45) is 0 Å². The smallest absolute Gasteiger partial charge is 0.242 e. The molecule has 0 fully saturated rings. The molecule has 0 aromatic heterocycles. The normalized spacial score (nSPS) is 12.7. The van der Waals surface area contributed by atoms with Gasteiger partial charge in [0.05, 0.1) is 10.6 Å². The molecule has 1 unspecified atom stereocenters. The summed E-state index contributed by atoms with van der Waals surface area (Å²) in [5.41, 5.74) is 1.17. The third-order valence-corrected chi connectivity index (χ3v) is 5.49.